The molecule has 0 bridgehead atoms. The lowest BCUT2D eigenvalue weighted by Gasteiger charge is -2.14. The Kier molecular flexibility index (Phi) is 18.5. The highest BCUT2D eigenvalue weighted by Gasteiger charge is 2.11. The fraction of sp³-hybridized carbons (Fsp3) is 0.759. The summed E-state index contributed by atoms with van der Waals surface area (Å²) in [5.41, 5.74) is 0.243. The summed E-state index contributed by atoms with van der Waals surface area (Å²) in [4.78, 5) is 11.4. The molecule has 0 unspecified atom stereocenters. The minimum Gasteiger partial charge on any atom is -0.490 e. The summed E-state index contributed by atoms with van der Waals surface area (Å²) < 4.78 is 11.9. The summed E-state index contributed by atoms with van der Waals surface area (Å²) in [6, 6.07) is 4.93. The molecule has 190 valence electrons. The largest absolute Gasteiger partial charge is 0.490 e. The van der Waals surface area contributed by atoms with Gasteiger partial charge in [-0.2, -0.15) is 0 Å². The molecule has 4 heteroatoms. The van der Waals surface area contributed by atoms with Gasteiger partial charge in [0.15, 0.2) is 11.5 Å². The zero-order valence-electron chi connectivity index (χ0n) is 21.5. The second kappa shape index (κ2) is 20.9. The first kappa shape index (κ1) is 29.3. The first-order valence-electron chi connectivity index (χ1n) is 13.8. The van der Waals surface area contributed by atoms with Gasteiger partial charge in [0.1, 0.15) is 0 Å². The van der Waals surface area contributed by atoms with Crippen molar-refractivity contribution in [3.8, 4) is 11.5 Å². The van der Waals surface area contributed by atoms with Crippen molar-refractivity contribution < 1.29 is 19.4 Å². The maximum Gasteiger partial charge on any atom is 0.335 e. The maximum atomic E-state index is 11.4. The SMILES string of the molecule is CCCCCCCCCCCOc1ccc(C(=O)O)cc1OCCCCCCCCCCC. The van der Waals surface area contributed by atoms with Crippen LogP contribution in [0.5, 0.6) is 11.5 Å². The molecule has 0 radical (unpaired) electrons. The molecule has 0 aliphatic rings. The minimum atomic E-state index is -0.937. The van der Waals surface area contributed by atoms with Gasteiger partial charge >= 0.3 is 5.97 Å². The fourth-order valence-corrected chi connectivity index (χ4v) is 4.06. The van der Waals surface area contributed by atoms with E-state index >= 15 is 0 Å². The molecule has 0 aromatic heterocycles. The molecular weight excluding hydrogens is 412 g/mol. The first-order valence-corrected chi connectivity index (χ1v) is 13.8. The quantitative estimate of drug-likeness (QED) is 0.165. The summed E-state index contributed by atoms with van der Waals surface area (Å²) >= 11 is 0. The number of unbranched alkanes of at least 4 members (excludes halogenated alkanes) is 16. The number of hydrogen-bond donors (Lipinski definition) is 1. The average molecular weight is 463 g/mol. The molecule has 0 aliphatic heterocycles. The van der Waals surface area contributed by atoms with Gasteiger partial charge in [0.2, 0.25) is 0 Å². The summed E-state index contributed by atoms with van der Waals surface area (Å²) in [6.07, 6.45) is 22.9. The van der Waals surface area contributed by atoms with E-state index in [0.717, 1.165) is 19.3 Å². The Morgan fingerprint density at radius 3 is 1.42 bits per heavy atom. The summed E-state index contributed by atoms with van der Waals surface area (Å²) in [5, 5.41) is 9.31. The van der Waals surface area contributed by atoms with Crippen molar-refractivity contribution in [2.75, 3.05) is 13.2 Å². The fourth-order valence-electron chi connectivity index (χ4n) is 4.06. The smallest absolute Gasteiger partial charge is 0.335 e. The zero-order chi connectivity index (χ0) is 24.0. The predicted molar refractivity (Wildman–Crippen MR) is 139 cm³/mol. The third-order valence-electron chi connectivity index (χ3n) is 6.20. The Morgan fingerprint density at radius 1 is 0.606 bits per heavy atom. The van der Waals surface area contributed by atoms with Gasteiger partial charge in [0.25, 0.3) is 0 Å². The monoisotopic (exact) mass is 462 g/mol. The molecule has 0 fully saturated rings. The molecule has 1 rings (SSSR count). The van der Waals surface area contributed by atoms with Crippen molar-refractivity contribution in [2.24, 2.45) is 0 Å². The van der Waals surface area contributed by atoms with E-state index in [1.165, 1.54) is 96.3 Å². The van der Waals surface area contributed by atoms with Crippen molar-refractivity contribution in [2.45, 2.75) is 129 Å². The zero-order valence-corrected chi connectivity index (χ0v) is 21.5. The van der Waals surface area contributed by atoms with Crippen LogP contribution >= 0.6 is 0 Å². The van der Waals surface area contributed by atoms with Gasteiger partial charge in [0.05, 0.1) is 18.8 Å². The van der Waals surface area contributed by atoms with E-state index in [0.29, 0.717) is 24.7 Å². The van der Waals surface area contributed by atoms with Gasteiger partial charge in [-0.25, -0.2) is 4.79 Å². The van der Waals surface area contributed by atoms with Crippen LogP contribution in [0.4, 0.5) is 0 Å². The lowest BCUT2D eigenvalue weighted by Crippen LogP contribution is -2.05. The van der Waals surface area contributed by atoms with Gasteiger partial charge in [-0.05, 0) is 31.0 Å². The molecule has 0 heterocycles. The van der Waals surface area contributed by atoms with E-state index in [4.69, 9.17) is 9.47 Å². The molecule has 1 aromatic rings. The number of carboxylic acid groups (broad SMARTS) is 1. The second-order valence-electron chi connectivity index (χ2n) is 9.32. The molecule has 4 nitrogen and oxygen atoms in total. The van der Waals surface area contributed by atoms with Gasteiger partial charge in [0, 0.05) is 0 Å². The number of benzene rings is 1. The maximum absolute atomic E-state index is 11.4. The van der Waals surface area contributed by atoms with E-state index in [1.807, 2.05) is 0 Å². The molecule has 33 heavy (non-hydrogen) atoms. The number of carboxylic acids is 1. The third-order valence-corrected chi connectivity index (χ3v) is 6.20. The Hall–Kier alpha value is -1.71. The average Bonchev–Trinajstić information content (AvgIpc) is 2.82. The van der Waals surface area contributed by atoms with Crippen LogP contribution in [0.15, 0.2) is 18.2 Å². The Balaban J connectivity index is 2.25. The van der Waals surface area contributed by atoms with Crippen molar-refractivity contribution in [3.05, 3.63) is 23.8 Å². The Morgan fingerprint density at radius 2 is 1.00 bits per heavy atom. The topological polar surface area (TPSA) is 55.8 Å². The number of carbonyl (C=O) groups is 1. The number of ether oxygens (including phenoxy) is 2. The molecule has 1 N–H and O–H groups in total. The van der Waals surface area contributed by atoms with Gasteiger partial charge in [-0.1, -0.05) is 117 Å². The van der Waals surface area contributed by atoms with E-state index in [-0.39, 0.29) is 5.56 Å². The van der Waals surface area contributed by atoms with Gasteiger partial charge in [-0.3, -0.25) is 0 Å². The highest BCUT2D eigenvalue weighted by Crippen LogP contribution is 2.29. The highest BCUT2D eigenvalue weighted by atomic mass is 16.5. The van der Waals surface area contributed by atoms with Crippen LogP contribution in [0.2, 0.25) is 0 Å². The second-order valence-corrected chi connectivity index (χ2v) is 9.32. The number of hydrogen-bond acceptors (Lipinski definition) is 3. The summed E-state index contributed by atoms with van der Waals surface area (Å²) in [6.45, 7) is 5.76. The molecular formula is C29H50O4. The summed E-state index contributed by atoms with van der Waals surface area (Å²) in [5.74, 6) is 0.286. The highest BCUT2D eigenvalue weighted by molar-refractivity contribution is 5.88. The molecule has 0 saturated heterocycles. The van der Waals surface area contributed by atoms with Crippen LogP contribution in [0.25, 0.3) is 0 Å². The lowest BCUT2D eigenvalue weighted by atomic mass is 10.1. The summed E-state index contributed by atoms with van der Waals surface area (Å²) in [7, 11) is 0. The van der Waals surface area contributed by atoms with Crippen LogP contribution in [0, 0.1) is 0 Å². The minimum absolute atomic E-state index is 0.243. The molecule has 0 saturated carbocycles. The lowest BCUT2D eigenvalue weighted by molar-refractivity contribution is 0.0696. The van der Waals surface area contributed by atoms with Crippen molar-refractivity contribution in [1.29, 1.82) is 0 Å². The molecule has 0 aliphatic carbocycles. The molecule has 1 aromatic carbocycles. The predicted octanol–water partition coefficient (Wildman–Crippen LogP) is 9.20. The Labute approximate surface area is 203 Å². The number of aromatic carboxylic acids is 1. The molecule has 0 atom stereocenters. The van der Waals surface area contributed by atoms with Crippen molar-refractivity contribution in [3.63, 3.8) is 0 Å². The standard InChI is InChI=1S/C29H50O4/c1-3-5-7-9-11-13-15-17-19-23-32-27-22-21-26(29(30)31)25-28(27)33-24-20-18-16-14-12-10-8-6-4-2/h21-22,25H,3-20,23-24H2,1-2H3,(H,30,31). The van der Waals surface area contributed by atoms with Crippen molar-refractivity contribution in [1.82, 2.24) is 0 Å². The van der Waals surface area contributed by atoms with Gasteiger partial charge < -0.3 is 14.6 Å². The van der Waals surface area contributed by atoms with Crippen LogP contribution in [0.3, 0.4) is 0 Å². The van der Waals surface area contributed by atoms with E-state index in [2.05, 4.69) is 13.8 Å². The van der Waals surface area contributed by atoms with Crippen LogP contribution < -0.4 is 9.47 Å². The molecule has 0 amide bonds. The number of rotatable bonds is 23. The van der Waals surface area contributed by atoms with Gasteiger partial charge in [-0.15, -0.1) is 0 Å². The van der Waals surface area contributed by atoms with Crippen LogP contribution in [0.1, 0.15) is 140 Å². The Bertz CT molecular complexity index is 599. The van der Waals surface area contributed by atoms with E-state index in [1.54, 1.807) is 18.2 Å². The third kappa shape index (κ3) is 15.7. The normalized spacial score (nSPS) is 11.0. The van der Waals surface area contributed by atoms with Crippen LogP contribution in [-0.2, 0) is 0 Å². The van der Waals surface area contributed by atoms with Crippen LogP contribution in [-0.4, -0.2) is 24.3 Å². The van der Waals surface area contributed by atoms with E-state index < -0.39 is 5.97 Å². The first-order chi connectivity index (χ1) is 16.2. The van der Waals surface area contributed by atoms with E-state index in [9.17, 15) is 9.90 Å². The molecule has 0 spiro atoms. The van der Waals surface area contributed by atoms with Crippen molar-refractivity contribution >= 4 is 5.97 Å².